The molecule has 6 aliphatic rings. The fourth-order valence-corrected chi connectivity index (χ4v) is 16.8. The Morgan fingerprint density at radius 1 is 0.449 bits per heavy atom. The summed E-state index contributed by atoms with van der Waals surface area (Å²) in [6.07, 6.45) is 16.5. The summed E-state index contributed by atoms with van der Waals surface area (Å²) in [5.41, 5.74) is 6.98. The van der Waals surface area contributed by atoms with Crippen LogP contribution in [0.3, 0.4) is 0 Å². The number of benzene rings is 7. The van der Waals surface area contributed by atoms with Gasteiger partial charge in [0.2, 0.25) is 21.8 Å². The molecule has 3 aliphatic carbocycles. The first-order valence-electron chi connectivity index (χ1n) is 34.2. The molecule has 0 atom stereocenters. The minimum atomic E-state index is -3.69. The maximum absolute atomic E-state index is 13.6. The van der Waals surface area contributed by atoms with E-state index in [1.807, 2.05) is 62.4 Å². The number of carbonyl (C=O) groups excluding carboxylic acids is 6. The Balaban J connectivity index is 0.000000168. The molecule has 0 radical (unpaired) electrons. The van der Waals surface area contributed by atoms with Crippen LogP contribution in [0.4, 0.5) is 11.4 Å². The molecule has 13 rings (SSSR count). The summed E-state index contributed by atoms with van der Waals surface area (Å²) in [5.74, 6) is -0.773. The number of non-ortho nitro benzene ring substituents is 2. The highest BCUT2D eigenvalue weighted by atomic mass is 35.5. The zero-order chi connectivity index (χ0) is 76.9. The quantitative estimate of drug-likeness (QED) is 0.0470. The number of nitrogens with zero attached hydrogens (tertiary/aromatic N) is 6. The van der Waals surface area contributed by atoms with Gasteiger partial charge < -0.3 is 14.7 Å². The Morgan fingerprint density at radius 2 is 0.776 bits per heavy atom. The Labute approximate surface area is 649 Å². The van der Waals surface area contributed by atoms with Gasteiger partial charge in [-0.25, -0.2) is 8.42 Å². The van der Waals surface area contributed by atoms with Crippen molar-refractivity contribution in [1.82, 2.24) is 19.0 Å². The highest BCUT2D eigenvalue weighted by Crippen LogP contribution is 2.59. The smallest absolute Gasteiger partial charge is 0.269 e. The first-order chi connectivity index (χ1) is 51.1. The van der Waals surface area contributed by atoms with Crippen LogP contribution in [-0.4, -0.2) is 125 Å². The molecule has 0 N–H and O–H groups in total. The van der Waals surface area contributed by atoms with E-state index in [1.54, 1.807) is 112 Å². The number of nitro groups is 2. The largest absolute Gasteiger partial charge is 0.339 e. The van der Waals surface area contributed by atoms with Gasteiger partial charge in [0.15, 0.2) is 17.3 Å². The van der Waals surface area contributed by atoms with Crippen molar-refractivity contribution >= 4 is 163 Å². The second kappa shape index (κ2) is 32.8. The fourth-order valence-electron chi connectivity index (χ4n) is 14.3. The summed E-state index contributed by atoms with van der Waals surface area (Å²) >= 11 is 36.2. The molecule has 6 fully saturated rings. The highest BCUT2D eigenvalue weighted by molar-refractivity contribution is 7.89. The molecule has 25 heteroatoms. The zero-order valence-corrected chi connectivity index (χ0v) is 63.3. The third-order valence-corrected chi connectivity index (χ3v) is 23.9. The second-order valence-electron chi connectivity index (χ2n) is 26.6. The molecule has 0 unspecified atom stereocenters. The number of allylic oxidation sites excluding steroid dienone is 2. The maximum Gasteiger partial charge on any atom is 0.269 e. The monoisotopic (exact) mass is 1570 g/mol. The van der Waals surface area contributed by atoms with Gasteiger partial charge in [0, 0.05) is 137 Å². The van der Waals surface area contributed by atoms with Crippen molar-refractivity contribution in [3.8, 4) is 0 Å². The summed E-state index contributed by atoms with van der Waals surface area (Å²) in [4.78, 5) is 104. The number of halogens is 6. The van der Waals surface area contributed by atoms with Crippen molar-refractivity contribution < 1.29 is 47.0 Å². The van der Waals surface area contributed by atoms with Crippen LogP contribution in [0, 0.1) is 36.5 Å². The fraction of sp³-hybridized carbons (Fsp3) is 0.220. The minimum absolute atomic E-state index is 0.0165. The standard InChI is InChI=1S/C35H36N4O8S.C24H19Cl2NO2.C23H15Cl4NO2/c1-3-19-37(20-4-2)48(46,47)30-15-9-27(10-16-30)34(41)36-21-17-35(18-22-36)31(23-25-5-11-28(12-6-25)38(42)43)33(40)32(35)24-26-7-13-29(14-8-26)39(44)45;1-2-22(28)27-12-11-24(15-27)20(13-16-3-7-18(25)8-4-16)23(29)21(24)14-17-5-9-19(26)10-6-17;1-2-21(29)28-11-23(12-28)15(7-13-3-5-17(24)19(26)9-13)22(30)16(23)8-14-4-6-18(25)20(27)10-14/h5-16,23-24H,3-4,17-22H2,1-2H3;2-10,13-14H,1,11-12,15H2;2-10H,1,11-12H2/b31-23-,32-24-;20-13-,21-14-;15-7-,16-8-. The minimum Gasteiger partial charge on any atom is -0.339 e. The summed E-state index contributed by atoms with van der Waals surface area (Å²) in [7, 11) is -3.69. The molecule has 3 spiro atoms. The van der Waals surface area contributed by atoms with Crippen LogP contribution in [0.25, 0.3) is 36.5 Å². The topological polar surface area (TPSA) is 236 Å². The maximum atomic E-state index is 13.6. The molecular weight excluding hydrogens is 1510 g/mol. The average molecular weight is 1580 g/mol. The van der Waals surface area contributed by atoms with Crippen LogP contribution >= 0.6 is 69.6 Å². The van der Waals surface area contributed by atoms with Crippen LogP contribution in [0.15, 0.2) is 221 Å². The van der Waals surface area contributed by atoms with E-state index in [4.69, 9.17) is 69.6 Å². The third-order valence-electron chi connectivity index (χ3n) is 20.0. The van der Waals surface area contributed by atoms with E-state index in [9.17, 15) is 57.4 Å². The lowest BCUT2D eigenvalue weighted by molar-refractivity contribution is -0.385. The lowest BCUT2D eigenvalue weighted by Crippen LogP contribution is -2.66. The van der Waals surface area contributed by atoms with E-state index in [2.05, 4.69) is 13.2 Å². The SMILES string of the molecule is C=CC(=O)N1CC2(C1)/C(=C\c1ccc(Cl)c(Cl)c1)C(=O)/C2=C/c1ccc(Cl)c(Cl)c1.C=CC(=O)N1CCC2(C1)/C(=C\c1ccc(Cl)cc1)C(=O)/C2=C/c1ccc(Cl)cc1.CCCN(CCC)S(=O)(=O)c1ccc(C(=O)N2CCC3(CC2)/C(=C\c2ccc([N+](=O)[O-])cc2)C(=O)/C3=C/c2ccc([N+](=O)[O-])cc2)cc1. The molecule has 7 aromatic rings. The van der Waals surface area contributed by atoms with Gasteiger partial charge in [0.1, 0.15) is 0 Å². The summed E-state index contributed by atoms with van der Waals surface area (Å²) < 4.78 is 27.8. The second-order valence-corrected chi connectivity index (χ2v) is 31.0. The van der Waals surface area contributed by atoms with Gasteiger partial charge in [0.05, 0.1) is 40.2 Å². The molecular formula is C82H70Cl6N6O12S. The Morgan fingerprint density at radius 3 is 1.15 bits per heavy atom. The third kappa shape index (κ3) is 16.3. The van der Waals surface area contributed by atoms with Crippen LogP contribution in [0.5, 0.6) is 0 Å². The van der Waals surface area contributed by atoms with Crippen LogP contribution in [0.2, 0.25) is 30.1 Å². The number of hydrogen-bond donors (Lipinski definition) is 0. The van der Waals surface area contributed by atoms with E-state index >= 15 is 0 Å². The first kappa shape index (κ1) is 78.4. The number of sulfonamides is 1. The average Bonchev–Trinajstić information content (AvgIpc) is 1.21. The van der Waals surface area contributed by atoms with Crippen molar-refractivity contribution in [2.24, 2.45) is 16.2 Å². The molecule has 0 aromatic heterocycles. The summed E-state index contributed by atoms with van der Waals surface area (Å²) in [6, 6.07) is 43.0. The van der Waals surface area contributed by atoms with Crippen molar-refractivity contribution in [1.29, 1.82) is 0 Å². The van der Waals surface area contributed by atoms with Gasteiger partial charge in [-0.1, -0.05) is 133 Å². The molecule has 0 bridgehead atoms. The van der Waals surface area contributed by atoms with Gasteiger partial charge in [-0.2, -0.15) is 4.31 Å². The summed E-state index contributed by atoms with van der Waals surface area (Å²) in [5, 5.41) is 25.3. The Kier molecular flexibility index (Phi) is 24.0. The molecule has 107 heavy (non-hydrogen) atoms. The van der Waals surface area contributed by atoms with Crippen LogP contribution < -0.4 is 0 Å². The molecule has 3 saturated heterocycles. The van der Waals surface area contributed by atoms with Crippen molar-refractivity contribution in [2.75, 3.05) is 52.4 Å². The molecule has 3 heterocycles. The van der Waals surface area contributed by atoms with Crippen LogP contribution in [-0.2, 0) is 34.0 Å². The van der Waals surface area contributed by atoms with Crippen LogP contribution in [0.1, 0.15) is 89.7 Å². The molecule has 7 aromatic carbocycles. The molecule has 18 nitrogen and oxygen atoms in total. The van der Waals surface area contributed by atoms with Gasteiger partial charge in [-0.3, -0.25) is 49.0 Å². The molecule has 3 aliphatic heterocycles. The number of amides is 3. The van der Waals surface area contributed by atoms with Gasteiger partial charge in [0.25, 0.3) is 17.3 Å². The Hall–Kier alpha value is -9.67. The van der Waals surface area contributed by atoms with E-state index in [0.717, 1.165) is 33.4 Å². The number of carbonyl (C=O) groups is 6. The number of hydrogen-bond acceptors (Lipinski definition) is 12. The molecule has 548 valence electrons. The number of likely N-dealkylation sites (tertiary alicyclic amines) is 3. The number of rotatable bonds is 17. The highest BCUT2D eigenvalue weighted by Gasteiger charge is 2.62. The number of nitro benzene ring substituents is 2. The van der Waals surface area contributed by atoms with Crippen molar-refractivity contribution in [2.45, 2.75) is 50.8 Å². The van der Waals surface area contributed by atoms with E-state index in [-0.39, 0.29) is 51.3 Å². The van der Waals surface area contributed by atoms with Gasteiger partial charge in [-0.15, -0.1) is 0 Å². The number of Topliss-reactive ketones (excluding diaryl/α,β-unsaturated/α-hetero) is 3. The van der Waals surface area contributed by atoms with E-state index in [0.29, 0.717) is 154 Å². The lowest BCUT2D eigenvalue weighted by Gasteiger charge is -2.57. The van der Waals surface area contributed by atoms with Gasteiger partial charge >= 0.3 is 0 Å². The molecule has 3 amide bonds. The van der Waals surface area contributed by atoms with Crippen molar-refractivity contribution in [3.63, 3.8) is 0 Å². The Bertz CT molecular complexity index is 4870. The number of ketones is 3. The van der Waals surface area contributed by atoms with E-state index < -0.39 is 36.1 Å². The van der Waals surface area contributed by atoms with E-state index in [1.165, 1.54) is 65.0 Å². The van der Waals surface area contributed by atoms with Crippen molar-refractivity contribution in [3.05, 3.63) is 306 Å². The predicted molar refractivity (Wildman–Crippen MR) is 421 cm³/mol. The number of piperidine rings is 1. The summed E-state index contributed by atoms with van der Waals surface area (Å²) in [6.45, 7) is 14.3. The lowest BCUT2D eigenvalue weighted by atomic mass is 9.54. The van der Waals surface area contributed by atoms with Gasteiger partial charge in [-0.05, 0) is 211 Å². The predicted octanol–water partition coefficient (Wildman–Crippen LogP) is 18.1. The zero-order valence-electron chi connectivity index (χ0n) is 58.0. The normalized spacial score (nSPS) is 19.8. The first-order valence-corrected chi connectivity index (χ1v) is 37.9. The molecule has 3 saturated carbocycles.